The molecule has 1 aliphatic rings. The van der Waals surface area contributed by atoms with Crippen LogP contribution in [-0.2, 0) is 16.0 Å². The predicted octanol–water partition coefficient (Wildman–Crippen LogP) is 2.84. The van der Waals surface area contributed by atoms with Gasteiger partial charge in [-0.2, -0.15) is 0 Å². The van der Waals surface area contributed by atoms with Gasteiger partial charge in [-0.3, -0.25) is 0 Å². The van der Waals surface area contributed by atoms with E-state index in [-0.39, 0.29) is 18.5 Å². The Morgan fingerprint density at radius 3 is 3.08 bits per heavy atom. The van der Waals surface area contributed by atoms with E-state index in [9.17, 15) is 4.39 Å². The number of hydrogen-bond acceptors (Lipinski definition) is 3. The molecule has 1 aromatic rings. The molecule has 0 aliphatic carbocycles. The Balaban J connectivity index is 1.74. The van der Waals surface area contributed by atoms with Crippen LogP contribution < -0.4 is 10.6 Å². The van der Waals surface area contributed by atoms with Crippen molar-refractivity contribution in [2.75, 3.05) is 32.9 Å². The molecular formula is C17H25BrFN3O2. The van der Waals surface area contributed by atoms with Gasteiger partial charge in [-0.15, -0.1) is 0 Å². The van der Waals surface area contributed by atoms with Gasteiger partial charge in [0.15, 0.2) is 5.96 Å². The van der Waals surface area contributed by atoms with Crippen molar-refractivity contribution in [3.63, 3.8) is 0 Å². The van der Waals surface area contributed by atoms with E-state index in [2.05, 4.69) is 31.6 Å². The second-order valence-electron chi connectivity index (χ2n) is 5.57. The van der Waals surface area contributed by atoms with E-state index in [1.165, 1.54) is 6.07 Å². The number of nitrogens with one attached hydrogen (secondary N) is 2. The lowest BCUT2D eigenvalue weighted by Crippen LogP contribution is -2.38. The second kappa shape index (κ2) is 10.6. The topological polar surface area (TPSA) is 54.9 Å². The molecule has 1 aromatic carbocycles. The SMILES string of the molecule is CCNC(=NCc1cc(Br)ccc1F)NCCCOC1CCOC1. The summed E-state index contributed by atoms with van der Waals surface area (Å²) in [5.74, 6) is 0.436. The molecule has 1 saturated heterocycles. The summed E-state index contributed by atoms with van der Waals surface area (Å²) in [6, 6.07) is 4.88. The van der Waals surface area contributed by atoms with Crippen molar-refractivity contribution in [1.82, 2.24) is 10.6 Å². The molecule has 1 atom stereocenters. The average Bonchev–Trinajstić information content (AvgIpc) is 3.08. The molecule has 7 heteroatoms. The van der Waals surface area contributed by atoms with E-state index in [1.54, 1.807) is 12.1 Å². The smallest absolute Gasteiger partial charge is 0.191 e. The summed E-state index contributed by atoms with van der Waals surface area (Å²) in [6.45, 7) is 5.99. The fourth-order valence-electron chi connectivity index (χ4n) is 2.34. The minimum atomic E-state index is -0.245. The van der Waals surface area contributed by atoms with E-state index in [1.807, 2.05) is 6.92 Å². The number of halogens is 2. The maximum Gasteiger partial charge on any atom is 0.191 e. The normalized spacial score (nSPS) is 18.0. The highest BCUT2D eigenvalue weighted by atomic mass is 79.9. The lowest BCUT2D eigenvalue weighted by molar-refractivity contribution is 0.0420. The van der Waals surface area contributed by atoms with Crippen LogP contribution in [0, 0.1) is 5.82 Å². The number of hydrogen-bond donors (Lipinski definition) is 2. The average molecular weight is 402 g/mol. The van der Waals surface area contributed by atoms with E-state index in [0.717, 1.165) is 37.0 Å². The van der Waals surface area contributed by atoms with Crippen LogP contribution in [0.25, 0.3) is 0 Å². The zero-order valence-corrected chi connectivity index (χ0v) is 15.6. The molecule has 1 heterocycles. The highest BCUT2D eigenvalue weighted by molar-refractivity contribution is 9.10. The minimum Gasteiger partial charge on any atom is -0.379 e. The maximum absolute atomic E-state index is 13.7. The summed E-state index contributed by atoms with van der Waals surface area (Å²) in [4.78, 5) is 4.43. The molecule has 0 amide bonds. The van der Waals surface area contributed by atoms with Crippen molar-refractivity contribution in [2.45, 2.75) is 32.4 Å². The summed E-state index contributed by atoms with van der Waals surface area (Å²) in [5, 5.41) is 6.41. The molecule has 0 saturated carbocycles. The fourth-order valence-corrected chi connectivity index (χ4v) is 2.75. The van der Waals surface area contributed by atoms with Crippen LogP contribution in [0.2, 0.25) is 0 Å². The van der Waals surface area contributed by atoms with Crippen molar-refractivity contribution >= 4 is 21.9 Å². The Hall–Kier alpha value is -1.18. The molecule has 1 aliphatic heterocycles. The third kappa shape index (κ3) is 6.75. The van der Waals surface area contributed by atoms with Gasteiger partial charge in [0.05, 0.1) is 19.3 Å². The number of rotatable bonds is 8. The molecule has 2 N–H and O–H groups in total. The summed E-state index contributed by atoms with van der Waals surface area (Å²) < 4.78 is 25.6. The lowest BCUT2D eigenvalue weighted by atomic mass is 10.2. The van der Waals surface area contributed by atoms with Crippen molar-refractivity contribution in [3.8, 4) is 0 Å². The van der Waals surface area contributed by atoms with Gasteiger partial charge in [0.25, 0.3) is 0 Å². The van der Waals surface area contributed by atoms with Gasteiger partial charge in [0, 0.05) is 36.3 Å². The Bertz CT molecular complexity index is 537. The van der Waals surface area contributed by atoms with Crippen LogP contribution in [0.15, 0.2) is 27.7 Å². The van der Waals surface area contributed by atoms with Crippen LogP contribution in [0.1, 0.15) is 25.3 Å². The van der Waals surface area contributed by atoms with Crippen molar-refractivity contribution in [1.29, 1.82) is 0 Å². The Morgan fingerprint density at radius 1 is 1.46 bits per heavy atom. The molecule has 1 fully saturated rings. The molecule has 134 valence electrons. The van der Waals surface area contributed by atoms with Gasteiger partial charge in [0.1, 0.15) is 5.82 Å². The van der Waals surface area contributed by atoms with Crippen LogP contribution in [0.5, 0.6) is 0 Å². The van der Waals surface area contributed by atoms with Gasteiger partial charge in [0.2, 0.25) is 0 Å². The van der Waals surface area contributed by atoms with Crippen LogP contribution in [-0.4, -0.2) is 45.0 Å². The largest absolute Gasteiger partial charge is 0.379 e. The van der Waals surface area contributed by atoms with Crippen molar-refractivity contribution < 1.29 is 13.9 Å². The quantitative estimate of drug-likeness (QED) is 0.399. The minimum absolute atomic E-state index is 0.242. The van der Waals surface area contributed by atoms with Crippen LogP contribution in [0.4, 0.5) is 4.39 Å². The standard InChI is InChI=1S/C17H25BrFN3O2/c1-2-20-17(21-7-3-8-24-15-6-9-23-12-15)22-11-13-10-14(18)4-5-16(13)19/h4-5,10,15H,2-3,6-9,11-12H2,1H3,(H2,20,21,22). The highest BCUT2D eigenvalue weighted by Gasteiger charge is 2.15. The Labute approximate surface area is 151 Å². The third-order valence-corrected chi connectivity index (χ3v) is 4.11. The van der Waals surface area contributed by atoms with Crippen LogP contribution >= 0.6 is 15.9 Å². The Morgan fingerprint density at radius 2 is 2.33 bits per heavy atom. The predicted molar refractivity (Wildman–Crippen MR) is 96.7 cm³/mol. The van der Waals surface area contributed by atoms with E-state index >= 15 is 0 Å². The van der Waals surface area contributed by atoms with Crippen LogP contribution in [0.3, 0.4) is 0 Å². The molecular weight excluding hydrogens is 377 g/mol. The highest BCUT2D eigenvalue weighted by Crippen LogP contribution is 2.16. The first-order chi connectivity index (χ1) is 11.7. The number of ether oxygens (including phenoxy) is 2. The number of aliphatic imine (C=N–C) groups is 1. The first kappa shape index (κ1) is 19.1. The molecule has 0 aromatic heterocycles. The van der Waals surface area contributed by atoms with E-state index < -0.39 is 0 Å². The first-order valence-corrected chi connectivity index (χ1v) is 9.13. The zero-order chi connectivity index (χ0) is 17.2. The van der Waals surface area contributed by atoms with E-state index in [0.29, 0.717) is 24.7 Å². The van der Waals surface area contributed by atoms with Gasteiger partial charge in [-0.25, -0.2) is 9.38 Å². The Kier molecular flexibility index (Phi) is 8.49. The van der Waals surface area contributed by atoms with Gasteiger partial charge in [-0.1, -0.05) is 15.9 Å². The summed E-state index contributed by atoms with van der Waals surface area (Å²) >= 11 is 3.35. The fraction of sp³-hybridized carbons (Fsp3) is 0.588. The van der Waals surface area contributed by atoms with Gasteiger partial charge >= 0.3 is 0 Å². The number of nitrogens with zero attached hydrogens (tertiary/aromatic N) is 1. The van der Waals surface area contributed by atoms with Crippen molar-refractivity contribution in [2.24, 2.45) is 4.99 Å². The molecule has 0 radical (unpaired) electrons. The molecule has 0 spiro atoms. The maximum atomic E-state index is 13.7. The van der Waals surface area contributed by atoms with Crippen molar-refractivity contribution in [3.05, 3.63) is 34.1 Å². The first-order valence-electron chi connectivity index (χ1n) is 8.34. The monoisotopic (exact) mass is 401 g/mol. The molecule has 5 nitrogen and oxygen atoms in total. The molecule has 0 bridgehead atoms. The van der Waals surface area contributed by atoms with Gasteiger partial charge < -0.3 is 20.1 Å². The molecule has 1 unspecified atom stereocenters. The van der Waals surface area contributed by atoms with E-state index in [4.69, 9.17) is 9.47 Å². The lowest BCUT2D eigenvalue weighted by Gasteiger charge is -2.13. The number of benzene rings is 1. The second-order valence-corrected chi connectivity index (χ2v) is 6.48. The number of guanidine groups is 1. The summed E-state index contributed by atoms with van der Waals surface area (Å²) in [5.41, 5.74) is 0.561. The van der Waals surface area contributed by atoms with Gasteiger partial charge in [-0.05, 0) is 38.0 Å². The molecule has 24 heavy (non-hydrogen) atoms. The molecule has 2 rings (SSSR count). The third-order valence-electron chi connectivity index (χ3n) is 3.61. The summed E-state index contributed by atoms with van der Waals surface area (Å²) in [7, 11) is 0. The zero-order valence-electron chi connectivity index (χ0n) is 14.0. The summed E-state index contributed by atoms with van der Waals surface area (Å²) in [6.07, 6.45) is 2.11.